The molecule has 0 radical (unpaired) electrons. The fourth-order valence-corrected chi connectivity index (χ4v) is 3.30. The molecule has 1 unspecified atom stereocenters. The molecule has 2 aromatic carbocycles. The number of aromatic nitrogens is 2. The van der Waals surface area contributed by atoms with E-state index in [9.17, 15) is 4.79 Å². The van der Waals surface area contributed by atoms with Gasteiger partial charge in [-0.2, -0.15) is 0 Å². The number of hydrogen-bond donors (Lipinski definition) is 1. The van der Waals surface area contributed by atoms with E-state index in [1.165, 1.54) is 19.2 Å². The molecule has 4 rings (SSSR count). The summed E-state index contributed by atoms with van der Waals surface area (Å²) in [6.45, 7) is 3.72. The number of benzene rings is 2. The lowest BCUT2D eigenvalue weighted by Crippen LogP contribution is -2.30. The van der Waals surface area contributed by atoms with E-state index >= 15 is 0 Å². The van der Waals surface area contributed by atoms with E-state index in [2.05, 4.69) is 20.2 Å². The van der Waals surface area contributed by atoms with Crippen LogP contribution in [0.3, 0.4) is 0 Å². The molecule has 1 amide bonds. The van der Waals surface area contributed by atoms with Gasteiger partial charge < -0.3 is 15.0 Å². The van der Waals surface area contributed by atoms with Crippen LogP contribution in [-0.2, 0) is 4.79 Å². The minimum absolute atomic E-state index is 0.242. The van der Waals surface area contributed by atoms with Gasteiger partial charge >= 0.3 is 0 Å². The first-order valence-electron chi connectivity index (χ1n) is 9.23. The maximum atomic E-state index is 12.6. The van der Waals surface area contributed by atoms with Gasteiger partial charge in [0.1, 0.15) is 23.7 Å². The van der Waals surface area contributed by atoms with Gasteiger partial charge in [0, 0.05) is 24.5 Å². The number of amides is 1. The van der Waals surface area contributed by atoms with Gasteiger partial charge in [-0.15, -0.1) is 0 Å². The first-order chi connectivity index (χ1) is 13.2. The number of carbonyl (C=O) groups is 1. The maximum absolute atomic E-state index is 12.6. The van der Waals surface area contributed by atoms with Gasteiger partial charge in [-0.1, -0.05) is 36.4 Å². The van der Waals surface area contributed by atoms with Crippen molar-refractivity contribution in [2.24, 2.45) is 0 Å². The summed E-state index contributed by atoms with van der Waals surface area (Å²) in [5, 5.41) is 4.89. The summed E-state index contributed by atoms with van der Waals surface area (Å²) in [5.74, 6) is 1.79. The Balaban J connectivity index is 1.45. The summed E-state index contributed by atoms with van der Waals surface area (Å²) < 4.78 is 5.93. The highest BCUT2D eigenvalue weighted by Gasteiger charge is 2.18. The second kappa shape index (κ2) is 7.61. The van der Waals surface area contributed by atoms with Crippen molar-refractivity contribution in [2.45, 2.75) is 25.9 Å². The summed E-state index contributed by atoms with van der Waals surface area (Å²) >= 11 is 0. The summed E-state index contributed by atoms with van der Waals surface area (Å²) in [5.41, 5.74) is 0. The predicted octanol–water partition coefficient (Wildman–Crippen LogP) is 3.64. The van der Waals surface area contributed by atoms with Gasteiger partial charge in [-0.3, -0.25) is 4.79 Å². The normalized spacial score (nSPS) is 14.9. The summed E-state index contributed by atoms with van der Waals surface area (Å²) in [4.78, 5) is 23.2. The summed E-state index contributed by atoms with van der Waals surface area (Å²) in [6.07, 6.45) is 3.17. The van der Waals surface area contributed by atoms with Crippen LogP contribution < -0.4 is 15.0 Å². The Morgan fingerprint density at radius 1 is 1.11 bits per heavy atom. The van der Waals surface area contributed by atoms with E-state index in [4.69, 9.17) is 4.74 Å². The van der Waals surface area contributed by atoms with Crippen LogP contribution in [0.5, 0.6) is 5.75 Å². The zero-order valence-electron chi connectivity index (χ0n) is 15.3. The average molecular weight is 362 g/mol. The standard InChI is InChI=1S/C21H22N4O2/c1-15(27-18-10-6-8-16-7-2-3-9-17(16)18)21(26)24-19-13-20(23-14-22-19)25-11-4-5-12-25/h2-3,6-10,13-15H,4-5,11-12H2,1H3,(H,22,23,24,26). The molecule has 6 heteroatoms. The Hall–Kier alpha value is -3.15. The Labute approximate surface area is 158 Å². The SMILES string of the molecule is CC(Oc1cccc2ccccc12)C(=O)Nc1cc(N2CCCC2)ncn1. The Morgan fingerprint density at radius 3 is 2.74 bits per heavy atom. The van der Waals surface area contributed by atoms with Gasteiger partial charge in [0.2, 0.25) is 0 Å². The van der Waals surface area contributed by atoms with Gasteiger partial charge in [0.25, 0.3) is 5.91 Å². The predicted molar refractivity (Wildman–Crippen MR) is 106 cm³/mol. The highest BCUT2D eigenvalue weighted by Crippen LogP contribution is 2.26. The van der Waals surface area contributed by atoms with Crippen LogP contribution in [0.15, 0.2) is 54.9 Å². The molecule has 0 bridgehead atoms. The molecule has 1 saturated heterocycles. The van der Waals surface area contributed by atoms with E-state index in [0.717, 1.165) is 29.7 Å². The Bertz CT molecular complexity index is 948. The first-order valence-corrected chi connectivity index (χ1v) is 9.23. The number of rotatable bonds is 5. The third kappa shape index (κ3) is 3.84. The zero-order chi connectivity index (χ0) is 18.6. The van der Waals surface area contributed by atoms with Crippen molar-refractivity contribution in [3.05, 3.63) is 54.9 Å². The van der Waals surface area contributed by atoms with Gasteiger partial charge in [-0.25, -0.2) is 9.97 Å². The Morgan fingerprint density at radius 2 is 1.89 bits per heavy atom. The second-order valence-electron chi connectivity index (χ2n) is 6.68. The number of anilines is 2. The molecule has 1 atom stereocenters. The lowest BCUT2D eigenvalue weighted by Gasteiger charge is -2.18. The zero-order valence-corrected chi connectivity index (χ0v) is 15.3. The molecular formula is C21H22N4O2. The molecule has 0 spiro atoms. The number of hydrogen-bond acceptors (Lipinski definition) is 5. The molecule has 1 fully saturated rings. The molecular weight excluding hydrogens is 340 g/mol. The van der Waals surface area contributed by atoms with Crippen molar-refractivity contribution >= 4 is 28.3 Å². The van der Waals surface area contributed by atoms with Crippen molar-refractivity contribution in [1.82, 2.24) is 9.97 Å². The van der Waals surface area contributed by atoms with Crippen molar-refractivity contribution in [3.8, 4) is 5.75 Å². The monoisotopic (exact) mass is 362 g/mol. The van der Waals surface area contributed by atoms with Crippen LogP contribution in [0, 0.1) is 0 Å². The smallest absolute Gasteiger partial charge is 0.266 e. The van der Waals surface area contributed by atoms with Crippen LogP contribution >= 0.6 is 0 Å². The van der Waals surface area contributed by atoms with Crippen molar-refractivity contribution in [2.75, 3.05) is 23.3 Å². The van der Waals surface area contributed by atoms with E-state index in [-0.39, 0.29) is 5.91 Å². The van der Waals surface area contributed by atoms with Crippen LogP contribution in [0.25, 0.3) is 10.8 Å². The lowest BCUT2D eigenvalue weighted by molar-refractivity contribution is -0.122. The average Bonchev–Trinajstić information content (AvgIpc) is 3.23. The van der Waals surface area contributed by atoms with E-state index in [1.54, 1.807) is 6.92 Å². The van der Waals surface area contributed by atoms with Crippen molar-refractivity contribution < 1.29 is 9.53 Å². The van der Waals surface area contributed by atoms with Crippen LogP contribution in [0.1, 0.15) is 19.8 Å². The number of nitrogens with zero attached hydrogens (tertiary/aromatic N) is 3. The molecule has 138 valence electrons. The van der Waals surface area contributed by atoms with E-state index < -0.39 is 6.10 Å². The molecule has 27 heavy (non-hydrogen) atoms. The van der Waals surface area contributed by atoms with Gasteiger partial charge in [-0.05, 0) is 31.2 Å². The van der Waals surface area contributed by atoms with Crippen LogP contribution in [0.4, 0.5) is 11.6 Å². The lowest BCUT2D eigenvalue weighted by atomic mass is 10.1. The van der Waals surface area contributed by atoms with Crippen molar-refractivity contribution in [1.29, 1.82) is 0 Å². The highest BCUT2D eigenvalue weighted by atomic mass is 16.5. The van der Waals surface area contributed by atoms with E-state index in [0.29, 0.717) is 11.6 Å². The molecule has 0 aliphatic carbocycles. The van der Waals surface area contributed by atoms with Crippen LogP contribution in [-0.4, -0.2) is 35.1 Å². The molecule has 1 aliphatic heterocycles. The molecule has 3 aromatic rings. The molecule has 1 N–H and O–H groups in total. The number of carbonyl (C=O) groups excluding carboxylic acids is 1. The first kappa shape index (κ1) is 17.3. The van der Waals surface area contributed by atoms with Crippen LogP contribution in [0.2, 0.25) is 0 Å². The fraction of sp³-hybridized carbons (Fsp3) is 0.286. The topological polar surface area (TPSA) is 67.3 Å². The largest absolute Gasteiger partial charge is 0.480 e. The fourth-order valence-electron chi connectivity index (χ4n) is 3.30. The van der Waals surface area contributed by atoms with Crippen molar-refractivity contribution in [3.63, 3.8) is 0 Å². The van der Waals surface area contributed by atoms with E-state index in [1.807, 2.05) is 48.5 Å². The minimum Gasteiger partial charge on any atom is -0.480 e. The van der Waals surface area contributed by atoms with Gasteiger partial charge in [0.15, 0.2) is 6.10 Å². The number of fused-ring (bicyclic) bond motifs is 1. The molecule has 6 nitrogen and oxygen atoms in total. The molecule has 2 heterocycles. The maximum Gasteiger partial charge on any atom is 0.266 e. The third-order valence-electron chi connectivity index (χ3n) is 4.76. The molecule has 1 aliphatic rings. The summed E-state index contributed by atoms with van der Waals surface area (Å²) in [7, 11) is 0. The third-order valence-corrected chi connectivity index (χ3v) is 4.76. The van der Waals surface area contributed by atoms with Gasteiger partial charge in [0.05, 0.1) is 0 Å². The second-order valence-corrected chi connectivity index (χ2v) is 6.68. The quantitative estimate of drug-likeness (QED) is 0.751. The molecule has 1 aromatic heterocycles. The molecule has 0 saturated carbocycles. The summed E-state index contributed by atoms with van der Waals surface area (Å²) in [6, 6.07) is 15.6. The number of ether oxygens (including phenoxy) is 1. The minimum atomic E-state index is -0.652. The number of nitrogens with one attached hydrogen (secondary N) is 1. The highest BCUT2D eigenvalue weighted by molar-refractivity contribution is 5.94. The Kier molecular flexibility index (Phi) is 4.87.